The summed E-state index contributed by atoms with van der Waals surface area (Å²) in [6.07, 6.45) is 6.04. The normalized spacial score (nSPS) is 49.7. The summed E-state index contributed by atoms with van der Waals surface area (Å²) in [5.74, 6) is -1.18. The zero-order valence-electron chi connectivity index (χ0n) is 18.8. The van der Waals surface area contributed by atoms with Gasteiger partial charge in [-0.1, -0.05) is 37.3 Å². The van der Waals surface area contributed by atoms with E-state index in [2.05, 4.69) is 0 Å². The van der Waals surface area contributed by atoms with E-state index in [1.807, 2.05) is 20.8 Å². The maximum atomic E-state index is 17.1. The van der Waals surface area contributed by atoms with Crippen LogP contribution in [0.4, 0.5) is 4.39 Å². The second kappa shape index (κ2) is 7.26. The molecule has 4 fully saturated rings. The second-order valence-electron chi connectivity index (χ2n) is 10.9. The minimum absolute atomic E-state index is 0.0318. The molecular formula is C25H31FO5S. The molecule has 9 atom stereocenters. The number of thioether (sulfide) groups is 1. The topological polar surface area (TPSA) is 80.7 Å². The second-order valence-corrected chi connectivity index (χ2v) is 12.1. The van der Waals surface area contributed by atoms with E-state index in [1.165, 1.54) is 6.08 Å². The molecule has 0 amide bonds. The van der Waals surface area contributed by atoms with Gasteiger partial charge in [0.1, 0.15) is 5.25 Å². The Morgan fingerprint density at radius 2 is 2.00 bits per heavy atom. The summed E-state index contributed by atoms with van der Waals surface area (Å²) in [4.78, 5) is 37.3. The lowest BCUT2D eigenvalue weighted by Crippen LogP contribution is -2.66. The van der Waals surface area contributed by atoms with Gasteiger partial charge in [-0.25, -0.2) is 4.39 Å². The molecule has 0 aromatic rings. The molecule has 4 aliphatic carbocycles. The largest absolute Gasteiger partial charge is 0.465 e. The maximum Gasteiger partial charge on any atom is 0.319 e. The van der Waals surface area contributed by atoms with E-state index in [-0.39, 0.29) is 41.0 Å². The van der Waals surface area contributed by atoms with Crippen LogP contribution in [-0.2, 0) is 19.1 Å². The molecule has 6 unspecified atom stereocenters. The van der Waals surface area contributed by atoms with Gasteiger partial charge in [-0.05, 0) is 62.0 Å². The summed E-state index contributed by atoms with van der Waals surface area (Å²) < 4.78 is 22.1. The molecule has 7 heteroatoms. The molecule has 1 aliphatic heterocycles. The molecule has 5 aliphatic rings. The fourth-order valence-electron chi connectivity index (χ4n) is 7.88. The van der Waals surface area contributed by atoms with Crippen molar-refractivity contribution in [2.75, 3.05) is 6.61 Å². The van der Waals surface area contributed by atoms with Crippen LogP contribution < -0.4 is 0 Å². The van der Waals surface area contributed by atoms with Gasteiger partial charge in [0.25, 0.3) is 0 Å². The van der Waals surface area contributed by atoms with Crippen molar-refractivity contribution in [2.45, 2.75) is 69.9 Å². The number of aliphatic hydroxyl groups excluding tert-OH is 1. The standard InChI is InChI=1S/C25H31FO5S/c1-13-10-17-16-5-4-14-11-15(27)6-8-24(14,3)25(16,26)19(28)12-23(17,2)20(13)22(30)32-18-7-9-31-21(18)29/h6,8,11,13,16-20,28H,4-5,7,9-10,12H2,1-3H3/t13-,16?,17?,18+,19?,20?,23?,24?,25+/m1/s1. The van der Waals surface area contributed by atoms with Gasteiger partial charge in [-0.15, -0.1) is 0 Å². The van der Waals surface area contributed by atoms with E-state index in [4.69, 9.17) is 4.74 Å². The van der Waals surface area contributed by atoms with Crippen molar-refractivity contribution >= 4 is 28.6 Å². The van der Waals surface area contributed by atoms with Gasteiger partial charge in [-0.2, -0.15) is 0 Å². The Morgan fingerprint density at radius 3 is 2.69 bits per heavy atom. The first-order valence-electron chi connectivity index (χ1n) is 11.7. The molecule has 0 radical (unpaired) electrons. The van der Waals surface area contributed by atoms with E-state index in [0.29, 0.717) is 25.9 Å². The van der Waals surface area contributed by atoms with E-state index in [0.717, 1.165) is 23.8 Å². The molecule has 1 saturated heterocycles. The average Bonchev–Trinajstić information content (AvgIpc) is 3.23. The molecule has 3 saturated carbocycles. The third-order valence-electron chi connectivity index (χ3n) is 9.38. The van der Waals surface area contributed by atoms with E-state index in [9.17, 15) is 19.5 Å². The monoisotopic (exact) mass is 462 g/mol. The highest BCUT2D eigenvalue weighted by Crippen LogP contribution is 2.70. The lowest BCUT2D eigenvalue weighted by molar-refractivity contribution is -0.194. The van der Waals surface area contributed by atoms with Gasteiger partial charge in [0, 0.05) is 23.7 Å². The quantitative estimate of drug-likeness (QED) is 0.629. The molecular weight excluding hydrogens is 431 g/mol. The van der Waals surface area contributed by atoms with Crippen LogP contribution in [0.25, 0.3) is 0 Å². The van der Waals surface area contributed by atoms with Crippen molar-refractivity contribution in [1.82, 2.24) is 0 Å². The third kappa shape index (κ3) is 2.82. The number of halogens is 1. The lowest BCUT2D eigenvalue weighted by Gasteiger charge is -2.61. The lowest BCUT2D eigenvalue weighted by atomic mass is 9.45. The first-order valence-corrected chi connectivity index (χ1v) is 12.6. The van der Waals surface area contributed by atoms with Crippen molar-refractivity contribution in [2.24, 2.45) is 34.5 Å². The molecule has 5 nitrogen and oxygen atoms in total. The van der Waals surface area contributed by atoms with Crippen molar-refractivity contribution < 1.29 is 28.6 Å². The Balaban J connectivity index is 1.48. The van der Waals surface area contributed by atoms with Crippen LogP contribution >= 0.6 is 11.8 Å². The number of cyclic esters (lactones) is 1. The number of carbonyl (C=O) groups excluding carboxylic acids is 3. The van der Waals surface area contributed by atoms with Crippen LogP contribution in [0.1, 0.15) is 52.9 Å². The molecule has 1 heterocycles. The number of hydrogen-bond acceptors (Lipinski definition) is 6. The zero-order valence-corrected chi connectivity index (χ0v) is 19.6. The Bertz CT molecular complexity index is 945. The van der Waals surface area contributed by atoms with Crippen LogP contribution in [0.5, 0.6) is 0 Å². The summed E-state index contributed by atoms with van der Waals surface area (Å²) in [5, 5.41) is 10.9. The fourth-order valence-corrected chi connectivity index (χ4v) is 9.18. The number of aliphatic hydroxyl groups is 1. The molecule has 0 spiro atoms. The Morgan fingerprint density at radius 1 is 1.25 bits per heavy atom. The summed E-state index contributed by atoms with van der Waals surface area (Å²) in [6.45, 7) is 6.23. The molecule has 5 rings (SSSR count). The number of alkyl halides is 1. The van der Waals surface area contributed by atoms with Gasteiger partial charge in [0.2, 0.25) is 0 Å². The van der Waals surface area contributed by atoms with Crippen LogP contribution in [0, 0.1) is 34.5 Å². The molecule has 0 bridgehead atoms. The predicted molar refractivity (Wildman–Crippen MR) is 118 cm³/mol. The van der Waals surface area contributed by atoms with Crippen LogP contribution in [-0.4, -0.2) is 45.6 Å². The zero-order chi connectivity index (χ0) is 23.1. The third-order valence-corrected chi connectivity index (χ3v) is 10.6. The predicted octanol–water partition coefficient (Wildman–Crippen LogP) is 3.79. The molecule has 174 valence electrons. The first kappa shape index (κ1) is 22.3. The fraction of sp³-hybridized carbons (Fsp3) is 0.720. The van der Waals surface area contributed by atoms with Crippen LogP contribution in [0.2, 0.25) is 0 Å². The Labute approximate surface area is 192 Å². The smallest absolute Gasteiger partial charge is 0.319 e. The van der Waals surface area contributed by atoms with Crippen molar-refractivity contribution in [3.8, 4) is 0 Å². The highest BCUT2D eigenvalue weighted by atomic mass is 32.2. The minimum atomic E-state index is -1.88. The highest BCUT2D eigenvalue weighted by Gasteiger charge is 2.71. The highest BCUT2D eigenvalue weighted by molar-refractivity contribution is 8.14. The van der Waals surface area contributed by atoms with E-state index in [1.54, 1.807) is 12.2 Å². The number of ether oxygens (including phenoxy) is 1. The van der Waals surface area contributed by atoms with Crippen molar-refractivity contribution in [3.05, 3.63) is 23.8 Å². The Hall–Kier alpha value is -1.47. The number of carbonyl (C=O) groups is 3. The molecule has 1 N–H and O–H groups in total. The number of hydrogen-bond donors (Lipinski definition) is 1. The van der Waals surface area contributed by atoms with Crippen LogP contribution in [0.3, 0.4) is 0 Å². The first-order chi connectivity index (χ1) is 15.0. The number of allylic oxidation sites excluding steroid dienone is 4. The van der Waals surface area contributed by atoms with Gasteiger partial charge < -0.3 is 9.84 Å². The molecule has 32 heavy (non-hydrogen) atoms. The van der Waals surface area contributed by atoms with Gasteiger partial charge in [0.05, 0.1) is 12.7 Å². The SMILES string of the molecule is C[C@@H]1CC2C3CCC4=CC(=O)C=CC4(C)[C@@]3(F)C(O)CC2(C)C1C(=O)S[C@H]1CCOC1=O. The number of ketones is 1. The number of fused-ring (bicyclic) bond motifs is 5. The van der Waals surface area contributed by atoms with Crippen molar-refractivity contribution in [1.29, 1.82) is 0 Å². The summed E-state index contributed by atoms with van der Waals surface area (Å²) >= 11 is 1.07. The van der Waals surface area contributed by atoms with Gasteiger partial charge in [0.15, 0.2) is 16.6 Å². The van der Waals surface area contributed by atoms with Crippen LogP contribution in [0.15, 0.2) is 23.8 Å². The van der Waals surface area contributed by atoms with Gasteiger partial charge in [-0.3, -0.25) is 14.4 Å². The number of rotatable bonds is 2. The molecule has 0 aromatic heterocycles. The summed E-state index contributed by atoms with van der Waals surface area (Å²) in [5.41, 5.74) is -2.66. The maximum absolute atomic E-state index is 17.1. The average molecular weight is 463 g/mol. The summed E-state index contributed by atoms with van der Waals surface area (Å²) in [7, 11) is 0. The van der Waals surface area contributed by atoms with Crippen molar-refractivity contribution in [3.63, 3.8) is 0 Å². The minimum Gasteiger partial charge on any atom is -0.465 e. The molecule has 0 aromatic carbocycles. The summed E-state index contributed by atoms with van der Waals surface area (Å²) in [6, 6.07) is 0. The number of esters is 1. The van der Waals surface area contributed by atoms with Gasteiger partial charge >= 0.3 is 5.97 Å². The van der Waals surface area contributed by atoms with E-state index >= 15 is 4.39 Å². The Kier molecular flexibility index (Phi) is 5.07. The van der Waals surface area contributed by atoms with E-state index < -0.39 is 33.8 Å².